The number of carbonyl (C=O) groups excluding carboxylic acids is 13. The number of hydrogen-bond acceptors (Lipinski definition) is 28. The Balaban J connectivity index is 1.00. The van der Waals surface area contributed by atoms with Crippen LogP contribution in [0.3, 0.4) is 0 Å². The minimum atomic E-state index is -4.59. The van der Waals surface area contributed by atoms with Crippen molar-refractivity contribution in [2.45, 2.75) is 206 Å². The summed E-state index contributed by atoms with van der Waals surface area (Å²) < 4.78 is 95.2. The number of Topliss-reactive ketones (excluding diaryl/α,β-unsaturated/α-hetero) is 2. The second-order valence-electron chi connectivity index (χ2n) is 36.1. The summed E-state index contributed by atoms with van der Waals surface area (Å²) in [5.74, 6) is -22.0. The maximum absolute atomic E-state index is 15.6. The number of nitrogens with two attached hydrogens (primary N) is 2. The third kappa shape index (κ3) is 30.1. The lowest BCUT2D eigenvalue weighted by Gasteiger charge is -2.32. The van der Waals surface area contributed by atoms with Gasteiger partial charge in [0.1, 0.15) is 60.2 Å². The molecule has 758 valence electrons. The van der Waals surface area contributed by atoms with Gasteiger partial charge in [-0.05, 0) is 102 Å². The number of pyridine rings is 3. The van der Waals surface area contributed by atoms with Crippen molar-refractivity contribution >= 4 is 170 Å². The van der Waals surface area contributed by atoms with Gasteiger partial charge in [0.25, 0.3) is 0 Å². The molecule has 9 heterocycles. The number of sulfonamides is 3. The first-order valence-corrected chi connectivity index (χ1v) is 54.3. The Morgan fingerprint density at radius 3 is 1.40 bits per heavy atom. The number of aliphatic carboxylic acids is 1. The lowest BCUT2D eigenvalue weighted by atomic mass is 9.92. The lowest BCUT2D eigenvalue weighted by molar-refractivity contribution is -0.143. The highest BCUT2D eigenvalue weighted by Crippen LogP contribution is 2.30. The number of carboxylic acid groups (broad SMARTS) is 1. The van der Waals surface area contributed by atoms with E-state index >= 15 is 44.4 Å². The number of H-pyrrole nitrogens is 2. The van der Waals surface area contributed by atoms with Crippen molar-refractivity contribution < 1.29 is 103 Å². The van der Waals surface area contributed by atoms with Crippen molar-refractivity contribution in [1.82, 2.24) is 90.6 Å². The molecular weight excluding hydrogens is 1930 g/mol. The van der Waals surface area contributed by atoms with Gasteiger partial charge in [0, 0.05) is 183 Å². The van der Waals surface area contributed by atoms with Crippen LogP contribution in [0.4, 0.5) is 0 Å². The molecule has 7 aromatic rings. The second-order valence-corrected chi connectivity index (χ2v) is 45.8. The number of carboxylic acids is 1. The van der Waals surface area contributed by atoms with Gasteiger partial charge in [0.2, 0.25) is 95.0 Å². The smallest absolute Gasteiger partial charge is 0.305 e. The van der Waals surface area contributed by atoms with Gasteiger partial charge in [-0.1, -0.05) is 89.2 Å². The minimum absolute atomic E-state index is 0.00174. The molecular formula is C92H122N20O22S6. The van der Waals surface area contributed by atoms with E-state index in [4.69, 9.17) is 11.5 Å². The first-order valence-electron chi connectivity index (χ1n) is 46.0. The first-order chi connectivity index (χ1) is 66.4. The Morgan fingerprint density at radius 1 is 0.500 bits per heavy atom. The molecule has 42 nitrogen and oxygen atoms in total. The summed E-state index contributed by atoms with van der Waals surface area (Å²) in [6.45, 7) is 6.90. The van der Waals surface area contributed by atoms with Gasteiger partial charge in [-0.3, -0.25) is 82.1 Å². The summed E-state index contributed by atoms with van der Waals surface area (Å²) >= 11 is 2.75. The number of aliphatic hydroxyl groups excluding tert-OH is 1. The van der Waals surface area contributed by atoms with E-state index in [0.29, 0.717) is 32.9 Å². The summed E-state index contributed by atoms with van der Waals surface area (Å²) in [5.41, 5.74) is 15.7. The van der Waals surface area contributed by atoms with Crippen molar-refractivity contribution in [1.29, 1.82) is 0 Å². The number of para-hydroxylation sites is 2. The van der Waals surface area contributed by atoms with E-state index in [1.165, 1.54) is 76.7 Å². The van der Waals surface area contributed by atoms with Crippen LogP contribution in [-0.4, -0.2) is 292 Å². The zero-order chi connectivity index (χ0) is 102. The molecule has 0 spiro atoms. The van der Waals surface area contributed by atoms with Gasteiger partial charge < -0.3 is 84.4 Å². The van der Waals surface area contributed by atoms with Crippen LogP contribution in [0.1, 0.15) is 131 Å². The monoisotopic (exact) mass is 2050 g/mol. The number of primary amides is 1. The van der Waals surface area contributed by atoms with Crippen LogP contribution in [0.5, 0.6) is 0 Å². The predicted octanol–water partition coefficient (Wildman–Crippen LogP) is 0.402. The Bertz CT molecular complexity index is 6070. The number of aliphatic hydroxyl groups is 1. The summed E-state index contributed by atoms with van der Waals surface area (Å²) in [6, 6.07) is 3.05. The summed E-state index contributed by atoms with van der Waals surface area (Å²) in [6.07, 6.45) is 7.12. The van der Waals surface area contributed by atoms with Gasteiger partial charge in [-0.2, -0.15) is 48.2 Å². The largest absolute Gasteiger partial charge is 0.481 e. The highest BCUT2D eigenvalue weighted by atomic mass is 32.2. The molecule has 4 aliphatic heterocycles. The molecule has 16 atom stereocenters. The third-order valence-corrected chi connectivity index (χ3v) is 33.8. The van der Waals surface area contributed by atoms with Crippen molar-refractivity contribution in [3.8, 4) is 0 Å². The number of carbonyl (C=O) groups is 14. The Labute approximate surface area is 824 Å². The van der Waals surface area contributed by atoms with E-state index in [1.807, 2.05) is 0 Å². The molecule has 0 aliphatic carbocycles. The van der Waals surface area contributed by atoms with Gasteiger partial charge >= 0.3 is 5.97 Å². The van der Waals surface area contributed by atoms with E-state index in [9.17, 15) is 58.2 Å². The van der Waals surface area contributed by atoms with E-state index in [2.05, 4.69) is 72.8 Å². The number of aromatic nitrogens is 5. The molecule has 0 saturated carbocycles. The topological polar surface area (TPSA) is 625 Å². The van der Waals surface area contributed by atoms with E-state index in [-0.39, 0.29) is 101 Å². The average Bonchev–Trinajstić information content (AvgIpc) is 0.829. The van der Waals surface area contributed by atoms with Crippen LogP contribution in [-0.2, 0) is 149 Å². The van der Waals surface area contributed by atoms with Crippen LogP contribution in [0.2, 0.25) is 0 Å². The number of rotatable bonds is 14. The molecule has 17 N–H and O–H groups in total. The molecule has 2 aromatic carbocycles. The number of fused-ring (bicyclic) bond motifs is 12. The fourth-order valence-electron chi connectivity index (χ4n) is 16.7. The molecule has 0 radical (unpaired) electrons. The quantitative estimate of drug-likeness (QED) is 0.0701. The highest BCUT2D eigenvalue weighted by molar-refractivity contribution is 8.01. The molecule has 10 bridgehead atoms. The molecule has 3 unspecified atom stereocenters. The number of nitrogens with one attached hydrogen (secondary N) is 11. The zero-order valence-corrected chi connectivity index (χ0v) is 83.5. The van der Waals surface area contributed by atoms with Crippen molar-refractivity contribution in [2.75, 3.05) is 64.9 Å². The summed E-state index contributed by atoms with van der Waals surface area (Å²) in [7, 11) is -13.5. The van der Waals surface area contributed by atoms with Crippen LogP contribution < -0.4 is 59.3 Å². The van der Waals surface area contributed by atoms with E-state index < -0.39 is 291 Å². The number of benzene rings is 2. The Hall–Kier alpha value is -11.4. The standard InChI is InChI=1S/C92H122N20O22S6/c1-8-62-31-77(115)82(55(7)113)108-85(121)65(32-76(114)54(6)93)49-135-20-23-138(129,130)109-43-56-26-58(36-95-34-56)45-110-46-59-28-61(39-97-37-59)48-111(47-60-27-57(44-109)35-96-38-60)140(133,134)25-22-137-51-74(105-84(62)120)89(125)102-71(30-64-41-99-69-17-12-10-15-67(64)69)88(124)106-80(52(2)3)91(127)103-72(33-79(117)118)86(122)100-42-78(116)101-70(29-63-40-98-68-16-11-9-14-66(63)68)87(123)107-81(53(4)5)92(128)112-19-13-18-75(112)90(126)104-73(83(94)119)50-136-21-24-139(110,131)132/h9-12,14-17,26-28,34-41,52-55,62,65,70-75,80-82,98-99,113H,8,13,18-25,29-33,42-51,93H2,1-7H3,(H2,94,119)(H,100,122)(H,101,116)(H,102,125)(H,103,127)(H,104,126)(H,105,120)(H,106,124)(H,107,123)(H,108,121)(H,117,118)/t54-,55+,62+,65-,70-,71-,72-,73-,74-,75-,80-,81-,82-/m0/s1. The molecule has 4 aliphatic rings. The van der Waals surface area contributed by atoms with Crippen molar-refractivity contribution in [3.05, 3.63) is 161 Å². The van der Waals surface area contributed by atoms with Gasteiger partial charge in [0.15, 0.2) is 5.78 Å². The molecule has 48 heteroatoms. The molecule has 5 aromatic heterocycles. The fourth-order valence-corrected chi connectivity index (χ4v) is 25.5. The van der Waals surface area contributed by atoms with Crippen LogP contribution in [0.25, 0.3) is 21.8 Å². The normalized spacial score (nSPS) is 26.3. The van der Waals surface area contributed by atoms with Gasteiger partial charge in [0.05, 0.1) is 48.3 Å². The SMILES string of the molecule is CC[C@@H]1CC(=O)[C@H]([C@@H](C)O)NC(=O)[C@@H](CC(=O)[C@H](C)N)CSCCS(=O)(=O)N2Cc3cncc(c3)CN3Cc4cncc(c4)CN(Cc4cncc(c4)C2)S(=O)(=O)CCSC[C@H](NC1=O)C(=O)N[C@@H](Cc1c[nH]c2ccccc12)C(=O)N[C@@H](C(C)C)C(=O)N[C@@H](CC(=O)O)C(=O)NCC(=O)N[C@@H](Cc1c[nH]c2ccccc12)C(=O)N[C@@H](C(C)C)C(=O)N1CCC[C@H]1C(=O)N[C@H](C(N)=O)CSCCS3(=O)=O. The molecule has 140 heavy (non-hydrogen) atoms. The van der Waals surface area contributed by atoms with Crippen LogP contribution >= 0.6 is 35.3 Å². The number of nitrogens with zero attached hydrogens (tertiary/aromatic N) is 7. The van der Waals surface area contributed by atoms with Crippen LogP contribution in [0.15, 0.2) is 116 Å². The maximum atomic E-state index is 15.6. The van der Waals surface area contributed by atoms with Gasteiger partial charge in [-0.15, -0.1) is 0 Å². The molecule has 11 amide bonds. The number of ketones is 2. The average molecular weight is 2050 g/mol. The number of amides is 11. The predicted molar refractivity (Wildman–Crippen MR) is 524 cm³/mol. The van der Waals surface area contributed by atoms with Crippen LogP contribution in [0, 0.1) is 23.7 Å². The lowest BCUT2D eigenvalue weighted by Crippen LogP contribution is -2.61. The Kier molecular flexibility index (Phi) is 38.8. The van der Waals surface area contributed by atoms with Gasteiger partial charge in [-0.25, -0.2) is 25.3 Å². The molecule has 11 rings (SSSR count). The maximum Gasteiger partial charge on any atom is 0.305 e. The number of hydrogen-bond donors (Lipinski definition) is 15. The second kappa shape index (κ2) is 49.9. The van der Waals surface area contributed by atoms with Crippen molar-refractivity contribution in [2.24, 2.45) is 35.1 Å². The molecule has 1 fully saturated rings. The summed E-state index contributed by atoms with van der Waals surface area (Å²) in [5, 5.41) is 46.2. The Morgan fingerprint density at radius 2 is 0.943 bits per heavy atom. The third-order valence-electron chi connectivity index (χ3n) is 24.5. The van der Waals surface area contributed by atoms with E-state index in [1.54, 1.807) is 93.0 Å². The summed E-state index contributed by atoms with van der Waals surface area (Å²) in [4.78, 5) is 224. The first kappa shape index (κ1) is 109. The number of thioether (sulfide) groups is 3. The molecule has 1 saturated heterocycles. The highest BCUT2D eigenvalue weighted by Gasteiger charge is 2.43. The fraction of sp³-hybridized carbons (Fsp3) is 0.511. The van der Waals surface area contributed by atoms with Crippen molar-refractivity contribution in [3.63, 3.8) is 0 Å². The zero-order valence-electron chi connectivity index (χ0n) is 78.6. The number of aromatic amines is 2. The van der Waals surface area contributed by atoms with E-state index in [0.717, 1.165) is 48.2 Å². The minimum Gasteiger partial charge on any atom is -0.481 e.